The molecule has 0 aliphatic rings. The SMILES string of the molecule is CCCCCC(=O)Nc1cccc(CN(Cc2cc(CC(Cc3ccccn3)Nc3cccc(NC(=O)CCCCC)n3)cc(OCCCCN)c2)Cc2ccccn2)n1.CCCCCC(=O)Nc1cccc(CN(Cc2cc(CC(Cc3ccccn3)Nc3cccc(NC(=O)CCCCC)n3)cc(OCCCCNCc3ccc(-c4ccccc4)cc3)c2)Cc2ccccn2)n1. The number of ether oxygens (including phenoxy) is 2. The first kappa shape index (κ1) is 101. The maximum Gasteiger partial charge on any atom is 0.225 e. The van der Waals surface area contributed by atoms with Crippen LogP contribution >= 0.6 is 0 Å². The van der Waals surface area contributed by atoms with Gasteiger partial charge in [0.25, 0.3) is 0 Å². The van der Waals surface area contributed by atoms with E-state index in [9.17, 15) is 19.2 Å². The van der Waals surface area contributed by atoms with Crippen molar-refractivity contribution in [2.24, 2.45) is 5.73 Å². The smallest absolute Gasteiger partial charge is 0.225 e. The van der Waals surface area contributed by atoms with Gasteiger partial charge in [-0.3, -0.25) is 48.9 Å². The van der Waals surface area contributed by atoms with Crippen molar-refractivity contribution in [2.75, 3.05) is 58.2 Å². The van der Waals surface area contributed by atoms with Gasteiger partial charge in [-0.2, -0.15) is 0 Å². The molecule has 4 aromatic carbocycles. The number of unbranched alkanes of at least 4 members (excludes halogenated alkanes) is 10. The zero-order valence-corrected chi connectivity index (χ0v) is 78.2. The van der Waals surface area contributed by atoms with Gasteiger partial charge < -0.3 is 52.4 Å². The third-order valence-electron chi connectivity index (χ3n) is 22.4. The normalized spacial score (nSPS) is 11.6. The molecule has 24 nitrogen and oxygen atoms in total. The lowest BCUT2D eigenvalue weighted by Gasteiger charge is -2.24. The molecule has 4 amide bonds. The molecule has 0 fully saturated rings. The molecule has 12 rings (SSSR count). The number of nitrogens with two attached hydrogens (primary N) is 1. The van der Waals surface area contributed by atoms with Crippen molar-refractivity contribution >= 4 is 58.5 Å². The second-order valence-electron chi connectivity index (χ2n) is 34.0. The third kappa shape index (κ3) is 38.8. The van der Waals surface area contributed by atoms with Gasteiger partial charge in [0.15, 0.2) is 0 Å². The third-order valence-corrected chi connectivity index (χ3v) is 22.4. The number of hydrogen-bond acceptors (Lipinski definition) is 20. The number of benzene rings is 4. The predicted molar refractivity (Wildman–Crippen MR) is 536 cm³/mol. The van der Waals surface area contributed by atoms with Gasteiger partial charge in [0.05, 0.1) is 36.0 Å². The summed E-state index contributed by atoms with van der Waals surface area (Å²) in [5.41, 5.74) is 19.4. The van der Waals surface area contributed by atoms with Gasteiger partial charge in [-0.05, 0) is 238 Å². The number of nitrogens with zero attached hydrogens (tertiary/aromatic N) is 10. The minimum Gasteiger partial charge on any atom is -0.494 e. The summed E-state index contributed by atoms with van der Waals surface area (Å²) in [7, 11) is 0. The van der Waals surface area contributed by atoms with Crippen LogP contribution in [0.15, 0.2) is 261 Å². The minimum atomic E-state index is -0.102. The summed E-state index contributed by atoms with van der Waals surface area (Å²) >= 11 is 0. The maximum absolute atomic E-state index is 12.8. The van der Waals surface area contributed by atoms with Crippen LogP contribution in [0.2, 0.25) is 0 Å². The Kier molecular flexibility index (Phi) is 43.9. The van der Waals surface area contributed by atoms with E-state index in [4.69, 9.17) is 45.1 Å². The van der Waals surface area contributed by atoms with Gasteiger partial charge in [-0.1, -0.05) is 194 Å². The van der Waals surface area contributed by atoms with E-state index in [-0.39, 0.29) is 35.7 Å². The van der Waals surface area contributed by atoms with E-state index < -0.39 is 0 Å². The largest absolute Gasteiger partial charge is 0.494 e. The summed E-state index contributed by atoms with van der Waals surface area (Å²) < 4.78 is 13.0. The number of carbonyl (C=O) groups excluding carboxylic acids is 4. The molecule has 2 atom stereocenters. The Morgan fingerprint density at radius 1 is 0.316 bits per heavy atom. The molecule has 12 aromatic rings. The molecule has 2 unspecified atom stereocenters. The van der Waals surface area contributed by atoms with Gasteiger partial charge in [0.1, 0.15) is 46.4 Å². The summed E-state index contributed by atoms with van der Waals surface area (Å²) in [6, 6.07) is 79.0. The Labute approximate surface area is 787 Å². The predicted octanol–water partition coefficient (Wildman–Crippen LogP) is 21.3. The molecule has 698 valence electrons. The van der Waals surface area contributed by atoms with Crippen molar-refractivity contribution in [1.29, 1.82) is 0 Å². The van der Waals surface area contributed by atoms with Crippen LogP contribution in [0.1, 0.15) is 218 Å². The number of amides is 4. The second-order valence-corrected chi connectivity index (χ2v) is 34.0. The fourth-order valence-electron chi connectivity index (χ4n) is 15.7. The summed E-state index contributed by atoms with van der Waals surface area (Å²) in [6.07, 6.45) is 27.1. The molecule has 8 heterocycles. The molecule has 0 radical (unpaired) electrons. The maximum atomic E-state index is 12.8. The van der Waals surface area contributed by atoms with E-state index in [0.717, 1.165) is 184 Å². The van der Waals surface area contributed by atoms with E-state index in [1.807, 2.05) is 176 Å². The standard InChI is InChI=1S/C61H73N9O3.C48H63N9O3/c1-3-5-8-28-60(71)68-58-25-18-24-54(65-58)46-70(45-53-23-13-15-36-64-53)44-49-38-48(40-56(41-49)73-37-17-16-34-62-43-47-30-32-51(33-31-47)50-20-10-7-11-21-50)39-55(42-52-22-12-14-35-63-52)66-57-26-19-27-59(67-57)69-61(72)29-9-6-4-2;1-3-5-7-23-47(58)55-45-20-15-19-41(52-45)36-57(35-40-18-10-13-27-51-40)34-38-29-37(31-43(32-38)60-28-14-11-25-49)30-42(33-39-17-9-12-26-50-39)53-44-21-16-22-46(54-44)56-48(59)24-8-6-4-2/h7,10-15,18-27,30-33,35-36,38,40-41,55,62H,3-6,8-9,16-17,28-29,34,37,39,42-46H2,1-2H3,(H,65,68,71)(H2,66,67,69,72);9-10,12-13,15-22,26-27,29,31-32,42H,3-8,11,14,23-25,28,30,33-36,49H2,1-2H3,(H,52,55,58)(H2,53,54,56,59). The highest BCUT2D eigenvalue weighted by atomic mass is 16.5. The van der Waals surface area contributed by atoms with E-state index >= 15 is 0 Å². The number of hydrogen-bond donors (Lipinski definition) is 8. The molecule has 0 aliphatic heterocycles. The van der Waals surface area contributed by atoms with E-state index in [0.29, 0.717) is 145 Å². The van der Waals surface area contributed by atoms with Crippen LogP contribution in [-0.4, -0.2) is 112 Å². The number of anilines is 6. The minimum absolute atomic E-state index is 0.0156. The van der Waals surface area contributed by atoms with E-state index in [2.05, 4.69) is 170 Å². The average molecular weight is 1790 g/mol. The highest BCUT2D eigenvalue weighted by molar-refractivity contribution is 5.91. The highest BCUT2D eigenvalue weighted by Crippen LogP contribution is 2.29. The average Bonchev–Trinajstić information content (AvgIpc) is 0.828. The summed E-state index contributed by atoms with van der Waals surface area (Å²) in [4.78, 5) is 93.5. The van der Waals surface area contributed by atoms with E-state index in [1.54, 1.807) is 0 Å². The fourth-order valence-corrected chi connectivity index (χ4v) is 15.7. The molecular formula is C109H136N18O6. The van der Waals surface area contributed by atoms with Gasteiger partial charge in [-0.25, -0.2) is 19.9 Å². The lowest BCUT2D eigenvalue weighted by atomic mass is 9.99. The van der Waals surface area contributed by atoms with Crippen LogP contribution < -0.4 is 52.4 Å². The Morgan fingerprint density at radius 3 is 1.07 bits per heavy atom. The highest BCUT2D eigenvalue weighted by Gasteiger charge is 2.22. The first-order chi connectivity index (χ1) is 65.2. The number of nitrogens with one attached hydrogen (secondary N) is 7. The molecule has 0 aliphatic carbocycles. The van der Waals surface area contributed by atoms with Crippen LogP contribution in [0.5, 0.6) is 11.5 Å². The van der Waals surface area contributed by atoms with Crippen LogP contribution in [0.4, 0.5) is 34.9 Å². The van der Waals surface area contributed by atoms with Gasteiger partial charge in [0.2, 0.25) is 23.6 Å². The Hall–Kier alpha value is -13.0. The summed E-state index contributed by atoms with van der Waals surface area (Å²) in [6.45, 7) is 15.4. The topological polar surface area (TPSA) is 307 Å². The Bertz CT molecular complexity index is 5110. The molecule has 0 saturated carbocycles. The molecule has 24 heteroatoms. The quantitative estimate of drug-likeness (QED) is 0.0164. The molecule has 0 bridgehead atoms. The van der Waals surface area contributed by atoms with E-state index in [1.165, 1.54) is 16.7 Å². The van der Waals surface area contributed by atoms with Crippen molar-refractivity contribution in [3.05, 3.63) is 323 Å². The lowest BCUT2D eigenvalue weighted by molar-refractivity contribution is -0.117. The number of rotatable bonds is 58. The molecular weight excluding hydrogens is 1660 g/mol. The molecule has 0 spiro atoms. The Morgan fingerprint density at radius 2 is 0.669 bits per heavy atom. The number of pyridine rings is 8. The zero-order chi connectivity index (χ0) is 92.9. The van der Waals surface area contributed by atoms with Crippen molar-refractivity contribution in [3.63, 3.8) is 0 Å². The number of aromatic nitrogens is 8. The molecule has 9 N–H and O–H groups in total. The van der Waals surface area contributed by atoms with Gasteiger partial charge in [0, 0.05) is 133 Å². The monoisotopic (exact) mass is 1790 g/mol. The van der Waals surface area contributed by atoms with Gasteiger partial charge in [-0.15, -0.1) is 0 Å². The van der Waals surface area contributed by atoms with Crippen LogP contribution in [0.25, 0.3) is 11.1 Å². The second kappa shape index (κ2) is 58.0. The lowest BCUT2D eigenvalue weighted by Crippen LogP contribution is -2.27. The van der Waals surface area contributed by atoms with Crippen molar-refractivity contribution in [3.8, 4) is 22.6 Å². The summed E-state index contributed by atoms with van der Waals surface area (Å²) in [5.74, 6) is 5.03. The van der Waals surface area contributed by atoms with Crippen molar-refractivity contribution in [1.82, 2.24) is 55.0 Å². The van der Waals surface area contributed by atoms with Gasteiger partial charge >= 0.3 is 0 Å². The summed E-state index contributed by atoms with van der Waals surface area (Å²) in [5, 5.41) is 23.0. The van der Waals surface area contributed by atoms with Crippen LogP contribution in [0, 0.1) is 0 Å². The fraction of sp³-hybridized carbons (Fsp3) is 0.376. The van der Waals surface area contributed by atoms with Crippen LogP contribution in [-0.2, 0) is 90.7 Å². The zero-order valence-electron chi connectivity index (χ0n) is 78.2. The molecule has 0 saturated heterocycles. The molecule has 133 heavy (non-hydrogen) atoms. The molecule has 8 aromatic heterocycles. The van der Waals surface area contributed by atoms with Crippen molar-refractivity contribution in [2.45, 2.75) is 240 Å². The first-order valence-corrected chi connectivity index (χ1v) is 47.9. The van der Waals surface area contributed by atoms with Crippen molar-refractivity contribution < 1.29 is 28.7 Å². The Balaban J connectivity index is 0.000000261. The van der Waals surface area contributed by atoms with Crippen LogP contribution in [0.3, 0.4) is 0 Å². The number of carbonyl (C=O) groups is 4. The first-order valence-electron chi connectivity index (χ1n) is 47.9.